The van der Waals surface area contributed by atoms with E-state index in [1.54, 1.807) is 12.1 Å². The van der Waals surface area contributed by atoms with Gasteiger partial charge in [0.05, 0.1) is 11.6 Å². The highest BCUT2D eigenvalue weighted by Gasteiger charge is 2.16. The van der Waals surface area contributed by atoms with Gasteiger partial charge in [-0.15, -0.1) is 0 Å². The lowest BCUT2D eigenvalue weighted by molar-refractivity contribution is 0.0517. The summed E-state index contributed by atoms with van der Waals surface area (Å²) in [5, 5.41) is 14.1. The number of halogens is 1. The molecule has 0 bridgehead atoms. The second-order valence-electron chi connectivity index (χ2n) is 9.79. The molecule has 0 saturated carbocycles. The molecular formula is C27H36BrN3O4. The Kier molecular flexibility index (Phi) is 12.3. The quantitative estimate of drug-likeness (QED) is 0.453. The number of nitrogens with one attached hydrogen (secondary N) is 2. The molecule has 0 heterocycles. The van der Waals surface area contributed by atoms with Gasteiger partial charge in [0, 0.05) is 17.6 Å². The van der Waals surface area contributed by atoms with Gasteiger partial charge in [-0.2, -0.15) is 5.26 Å². The van der Waals surface area contributed by atoms with Gasteiger partial charge in [-0.3, -0.25) is 0 Å². The van der Waals surface area contributed by atoms with Gasteiger partial charge in [-0.05, 0) is 89.8 Å². The molecule has 2 aromatic rings. The van der Waals surface area contributed by atoms with E-state index in [0.717, 1.165) is 16.5 Å². The highest BCUT2D eigenvalue weighted by Crippen LogP contribution is 2.11. The number of carbonyl (C=O) groups excluding carboxylic acids is 2. The molecule has 190 valence electrons. The average molecular weight is 547 g/mol. The van der Waals surface area contributed by atoms with Crippen molar-refractivity contribution in [2.24, 2.45) is 0 Å². The van der Waals surface area contributed by atoms with Crippen LogP contribution in [0.1, 0.15) is 58.2 Å². The maximum absolute atomic E-state index is 11.4. The van der Waals surface area contributed by atoms with E-state index in [0.29, 0.717) is 25.1 Å². The monoisotopic (exact) mass is 545 g/mol. The van der Waals surface area contributed by atoms with Crippen LogP contribution in [0.5, 0.6) is 0 Å². The van der Waals surface area contributed by atoms with Crippen LogP contribution in [-0.4, -0.2) is 36.5 Å². The number of hydrogen-bond acceptors (Lipinski definition) is 5. The molecule has 0 atom stereocenters. The Hall–Kier alpha value is -3.05. The van der Waals surface area contributed by atoms with Gasteiger partial charge in [-0.1, -0.05) is 40.2 Å². The topological polar surface area (TPSA) is 100 Å². The molecule has 0 aliphatic carbocycles. The minimum Gasteiger partial charge on any atom is -0.444 e. The van der Waals surface area contributed by atoms with E-state index >= 15 is 0 Å². The van der Waals surface area contributed by atoms with Crippen molar-refractivity contribution in [3.05, 3.63) is 69.7 Å². The molecule has 0 aromatic heterocycles. The molecule has 2 amide bonds. The smallest absolute Gasteiger partial charge is 0.407 e. The van der Waals surface area contributed by atoms with Crippen molar-refractivity contribution < 1.29 is 19.1 Å². The Balaban J connectivity index is 0.000000351. The first-order valence-electron chi connectivity index (χ1n) is 11.4. The molecule has 0 radical (unpaired) electrons. The minimum absolute atomic E-state index is 0.366. The third-order valence-corrected chi connectivity index (χ3v) is 4.69. The van der Waals surface area contributed by atoms with Crippen LogP contribution in [0.15, 0.2) is 53.0 Å². The van der Waals surface area contributed by atoms with Gasteiger partial charge < -0.3 is 20.1 Å². The third kappa shape index (κ3) is 15.5. The Morgan fingerprint density at radius 2 is 1.14 bits per heavy atom. The summed E-state index contributed by atoms with van der Waals surface area (Å²) in [5.41, 5.74) is 1.98. The number of rotatable bonds is 6. The molecule has 0 aliphatic heterocycles. The van der Waals surface area contributed by atoms with E-state index in [1.807, 2.05) is 77.9 Å². The first-order chi connectivity index (χ1) is 16.3. The third-order valence-electron chi connectivity index (χ3n) is 4.16. The van der Waals surface area contributed by atoms with Crippen molar-refractivity contribution in [2.45, 2.75) is 65.6 Å². The highest BCUT2D eigenvalue weighted by molar-refractivity contribution is 9.10. The fourth-order valence-corrected chi connectivity index (χ4v) is 2.91. The van der Waals surface area contributed by atoms with Crippen molar-refractivity contribution >= 4 is 28.1 Å². The van der Waals surface area contributed by atoms with Crippen LogP contribution in [-0.2, 0) is 22.3 Å². The number of alkyl carbamates (subject to hydrolysis) is 2. The molecule has 0 unspecified atom stereocenters. The van der Waals surface area contributed by atoms with E-state index in [9.17, 15) is 9.59 Å². The summed E-state index contributed by atoms with van der Waals surface area (Å²) in [6.07, 6.45) is 0.739. The lowest BCUT2D eigenvalue weighted by Crippen LogP contribution is -2.33. The van der Waals surface area contributed by atoms with Gasteiger partial charge in [0.15, 0.2) is 0 Å². The molecule has 0 fully saturated rings. The number of ether oxygens (including phenoxy) is 2. The molecule has 0 saturated heterocycles. The molecule has 0 aliphatic rings. The summed E-state index contributed by atoms with van der Waals surface area (Å²) < 4.78 is 11.3. The number of nitriles is 1. The highest BCUT2D eigenvalue weighted by atomic mass is 79.9. The maximum Gasteiger partial charge on any atom is 0.407 e. The molecule has 7 nitrogen and oxygen atoms in total. The summed E-state index contributed by atoms with van der Waals surface area (Å²) >= 11 is 3.38. The summed E-state index contributed by atoms with van der Waals surface area (Å²) in [6, 6.07) is 17.4. The van der Waals surface area contributed by atoms with Crippen LogP contribution >= 0.6 is 15.9 Å². The number of nitrogens with zero attached hydrogens (tertiary/aromatic N) is 1. The Labute approximate surface area is 217 Å². The first kappa shape index (κ1) is 30.0. The summed E-state index contributed by atoms with van der Waals surface area (Å²) in [6.45, 7) is 12.1. The lowest BCUT2D eigenvalue weighted by atomic mass is 10.1. The van der Waals surface area contributed by atoms with Crippen LogP contribution in [0.4, 0.5) is 9.59 Å². The standard InChI is InChI=1S/C14H18N2O2.C13H18BrNO2/c1-14(2,3)18-13(17)16-9-8-11-4-6-12(10-15)7-5-11;1-13(2,3)17-12(16)15-9-8-10-4-6-11(14)7-5-10/h4-7H,8-9H2,1-3H3,(H,16,17);4-7H,8-9H2,1-3H3,(H,15,16). The minimum atomic E-state index is -0.474. The normalized spacial score (nSPS) is 10.8. The Morgan fingerprint density at radius 3 is 1.49 bits per heavy atom. The number of hydrogen-bond donors (Lipinski definition) is 2. The predicted octanol–water partition coefficient (Wildman–Crippen LogP) is 6.14. The van der Waals surface area contributed by atoms with E-state index in [4.69, 9.17) is 14.7 Å². The van der Waals surface area contributed by atoms with Crippen molar-refractivity contribution in [2.75, 3.05) is 13.1 Å². The second kappa shape index (κ2) is 14.4. The molecular weight excluding hydrogens is 510 g/mol. The molecule has 35 heavy (non-hydrogen) atoms. The Bertz CT molecular complexity index is 970. The zero-order valence-corrected chi connectivity index (χ0v) is 23.0. The van der Waals surface area contributed by atoms with Gasteiger partial charge in [-0.25, -0.2) is 9.59 Å². The maximum atomic E-state index is 11.4. The van der Waals surface area contributed by atoms with Crippen LogP contribution in [0.3, 0.4) is 0 Å². The first-order valence-corrected chi connectivity index (χ1v) is 12.2. The fraction of sp³-hybridized carbons (Fsp3) is 0.444. The lowest BCUT2D eigenvalue weighted by Gasteiger charge is -2.19. The van der Waals surface area contributed by atoms with Crippen molar-refractivity contribution in [1.29, 1.82) is 5.26 Å². The van der Waals surface area contributed by atoms with Gasteiger partial charge in [0.1, 0.15) is 11.2 Å². The average Bonchev–Trinajstić information content (AvgIpc) is 2.73. The molecule has 2 rings (SSSR count). The molecule has 2 N–H and O–H groups in total. The van der Waals surface area contributed by atoms with Crippen molar-refractivity contribution in [1.82, 2.24) is 10.6 Å². The van der Waals surface area contributed by atoms with Gasteiger partial charge >= 0.3 is 12.2 Å². The van der Waals surface area contributed by atoms with Crippen molar-refractivity contribution in [3.8, 4) is 6.07 Å². The fourth-order valence-electron chi connectivity index (χ4n) is 2.64. The van der Waals surface area contributed by atoms with Crippen LogP contribution in [0.25, 0.3) is 0 Å². The zero-order chi connectivity index (χ0) is 26.5. The van der Waals surface area contributed by atoms with Gasteiger partial charge in [0.2, 0.25) is 0 Å². The summed E-state index contributed by atoms with van der Waals surface area (Å²) in [5.74, 6) is 0. The van der Waals surface area contributed by atoms with Crippen molar-refractivity contribution in [3.63, 3.8) is 0 Å². The van der Waals surface area contributed by atoms with E-state index in [1.165, 1.54) is 5.56 Å². The predicted molar refractivity (Wildman–Crippen MR) is 141 cm³/mol. The second-order valence-corrected chi connectivity index (χ2v) is 10.7. The van der Waals surface area contributed by atoms with E-state index < -0.39 is 17.3 Å². The molecule has 0 spiro atoms. The van der Waals surface area contributed by atoms with Crippen LogP contribution < -0.4 is 10.6 Å². The Morgan fingerprint density at radius 1 is 0.771 bits per heavy atom. The SMILES string of the molecule is CC(C)(C)OC(=O)NCCc1ccc(Br)cc1.CC(C)(C)OC(=O)NCCc1ccc(C#N)cc1. The molecule has 2 aromatic carbocycles. The number of benzene rings is 2. The van der Waals surface area contributed by atoms with E-state index in [-0.39, 0.29) is 6.09 Å². The van der Waals surface area contributed by atoms with Crippen LogP contribution in [0, 0.1) is 11.3 Å². The molecule has 8 heteroatoms. The summed E-state index contributed by atoms with van der Waals surface area (Å²) in [4.78, 5) is 22.7. The largest absolute Gasteiger partial charge is 0.444 e. The summed E-state index contributed by atoms with van der Waals surface area (Å²) in [7, 11) is 0. The zero-order valence-electron chi connectivity index (χ0n) is 21.4. The van der Waals surface area contributed by atoms with Crippen LogP contribution in [0.2, 0.25) is 0 Å². The number of amides is 2. The van der Waals surface area contributed by atoms with E-state index in [2.05, 4.69) is 32.6 Å². The number of carbonyl (C=O) groups is 2. The van der Waals surface area contributed by atoms with Gasteiger partial charge in [0.25, 0.3) is 0 Å².